The second kappa shape index (κ2) is 6.18. The summed E-state index contributed by atoms with van der Waals surface area (Å²) >= 11 is 0. The number of amides is 2. The van der Waals surface area contributed by atoms with Crippen molar-refractivity contribution in [1.29, 1.82) is 0 Å². The molecule has 0 bridgehead atoms. The van der Waals surface area contributed by atoms with E-state index < -0.39 is 23.8 Å². The van der Waals surface area contributed by atoms with Crippen LogP contribution in [-0.4, -0.2) is 59.9 Å². The Morgan fingerprint density at radius 2 is 2.00 bits per heavy atom. The Hall–Kier alpha value is -1.73. The predicted octanol–water partition coefficient (Wildman–Crippen LogP) is 1.52. The third-order valence-electron chi connectivity index (χ3n) is 4.12. The van der Waals surface area contributed by atoms with Gasteiger partial charge in [-0.25, -0.2) is 13.6 Å². The van der Waals surface area contributed by atoms with Crippen LogP contribution in [0.2, 0.25) is 0 Å². The number of likely N-dealkylation sites (tertiary alicyclic amines) is 1. The SMILES string of the molecule is O=C(N1CCOCC1)N1CC(O)CC1c1cc(F)ccc1F. The van der Waals surface area contributed by atoms with Gasteiger partial charge in [-0.1, -0.05) is 0 Å². The first kappa shape index (κ1) is 15.2. The maximum Gasteiger partial charge on any atom is 0.320 e. The van der Waals surface area contributed by atoms with Crippen LogP contribution in [0.15, 0.2) is 18.2 Å². The molecule has 2 heterocycles. The number of carbonyl (C=O) groups is 1. The summed E-state index contributed by atoms with van der Waals surface area (Å²) in [5.74, 6) is -1.13. The number of urea groups is 1. The van der Waals surface area contributed by atoms with Crippen LogP contribution in [-0.2, 0) is 4.74 Å². The topological polar surface area (TPSA) is 53.0 Å². The molecule has 1 aromatic rings. The summed E-state index contributed by atoms with van der Waals surface area (Å²) < 4.78 is 32.6. The highest BCUT2D eigenvalue weighted by Crippen LogP contribution is 2.34. The van der Waals surface area contributed by atoms with Gasteiger partial charge in [0.15, 0.2) is 0 Å². The van der Waals surface area contributed by atoms with Crippen LogP contribution in [0.3, 0.4) is 0 Å². The highest BCUT2D eigenvalue weighted by Gasteiger charge is 2.39. The van der Waals surface area contributed by atoms with E-state index in [2.05, 4.69) is 0 Å². The summed E-state index contributed by atoms with van der Waals surface area (Å²) in [5.41, 5.74) is 0.109. The third kappa shape index (κ3) is 2.91. The minimum Gasteiger partial charge on any atom is -0.391 e. The Morgan fingerprint density at radius 3 is 2.73 bits per heavy atom. The van der Waals surface area contributed by atoms with Crippen LogP contribution in [0, 0.1) is 11.6 Å². The number of hydrogen-bond acceptors (Lipinski definition) is 3. The van der Waals surface area contributed by atoms with Gasteiger partial charge in [0.1, 0.15) is 11.6 Å². The van der Waals surface area contributed by atoms with Crippen molar-refractivity contribution >= 4 is 6.03 Å². The number of carbonyl (C=O) groups excluding carboxylic acids is 1. The van der Waals surface area contributed by atoms with Gasteiger partial charge in [0.2, 0.25) is 0 Å². The molecule has 5 nitrogen and oxygen atoms in total. The number of aliphatic hydroxyl groups is 1. The number of benzene rings is 1. The minimum atomic E-state index is -0.738. The standard InChI is InChI=1S/C15H18F2N2O3/c16-10-1-2-13(17)12(7-10)14-8-11(20)9-19(14)15(21)18-3-5-22-6-4-18/h1-2,7,11,14,20H,3-6,8-9H2. The first-order chi connectivity index (χ1) is 10.6. The minimum absolute atomic E-state index is 0.109. The Kier molecular flexibility index (Phi) is 4.26. The molecule has 1 N–H and O–H groups in total. The molecule has 2 saturated heterocycles. The molecule has 2 unspecified atom stereocenters. The lowest BCUT2D eigenvalue weighted by atomic mass is 10.0. The van der Waals surface area contributed by atoms with Crippen molar-refractivity contribution in [1.82, 2.24) is 9.80 Å². The summed E-state index contributed by atoms with van der Waals surface area (Å²) in [7, 11) is 0. The molecule has 120 valence electrons. The molecule has 7 heteroatoms. The molecule has 3 rings (SSSR count). The first-order valence-corrected chi connectivity index (χ1v) is 7.32. The number of rotatable bonds is 1. The van der Waals surface area contributed by atoms with E-state index in [0.717, 1.165) is 18.2 Å². The fraction of sp³-hybridized carbons (Fsp3) is 0.533. The van der Waals surface area contributed by atoms with Crippen LogP contribution < -0.4 is 0 Å². The van der Waals surface area contributed by atoms with Crippen molar-refractivity contribution in [3.05, 3.63) is 35.4 Å². The van der Waals surface area contributed by atoms with Crippen LogP contribution in [0.1, 0.15) is 18.0 Å². The zero-order chi connectivity index (χ0) is 15.7. The molecule has 0 aliphatic carbocycles. The smallest absolute Gasteiger partial charge is 0.320 e. The Balaban J connectivity index is 1.85. The summed E-state index contributed by atoms with van der Waals surface area (Å²) in [6.45, 7) is 1.96. The largest absolute Gasteiger partial charge is 0.391 e. The summed E-state index contributed by atoms with van der Waals surface area (Å²) in [5, 5.41) is 9.89. The molecular weight excluding hydrogens is 294 g/mol. The maximum atomic E-state index is 14.0. The van der Waals surface area contributed by atoms with Gasteiger partial charge >= 0.3 is 6.03 Å². The molecule has 0 radical (unpaired) electrons. The number of hydrogen-bond donors (Lipinski definition) is 1. The van der Waals surface area contributed by atoms with E-state index in [1.54, 1.807) is 4.90 Å². The Morgan fingerprint density at radius 1 is 1.27 bits per heavy atom. The van der Waals surface area contributed by atoms with E-state index in [0.29, 0.717) is 26.3 Å². The van der Waals surface area contributed by atoms with Gasteiger partial charge in [-0.15, -0.1) is 0 Å². The quantitative estimate of drug-likeness (QED) is 0.855. The Bertz CT molecular complexity index is 564. The maximum absolute atomic E-state index is 14.0. The molecule has 2 aliphatic heterocycles. The van der Waals surface area contributed by atoms with Gasteiger partial charge in [0.05, 0.1) is 25.4 Å². The lowest BCUT2D eigenvalue weighted by Crippen LogP contribution is -2.48. The third-order valence-corrected chi connectivity index (χ3v) is 4.12. The van der Waals surface area contributed by atoms with E-state index in [1.807, 2.05) is 0 Å². The number of halogens is 2. The molecule has 0 saturated carbocycles. The average molecular weight is 312 g/mol. The fourth-order valence-corrected chi connectivity index (χ4v) is 3.03. The fourth-order valence-electron chi connectivity index (χ4n) is 3.03. The lowest BCUT2D eigenvalue weighted by Gasteiger charge is -2.34. The normalized spacial score (nSPS) is 25.6. The summed E-state index contributed by atoms with van der Waals surface area (Å²) in [4.78, 5) is 15.6. The number of nitrogens with zero attached hydrogens (tertiary/aromatic N) is 2. The van der Waals surface area contributed by atoms with E-state index in [-0.39, 0.29) is 24.6 Å². The van der Waals surface area contributed by atoms with Crippen molar-refractivity contribution < 1.29 is 23.4 Å². The van der Waals surface area contributed by atoms with Gasteiger partial charge in [-0.05, 0) is 24.6 Å². The van der Waals surface area contributed by atoms with Crippen molar-refractivity contribution in [3.8, 4) is 0 Å². The molecule has 2 fully saturated rings. The van der Waals surface area contributed by atoms with Gasteiger partial charge in [-0.2, -0.15) is 0 Å². The molecule has 2 amide bonds. The summed E-state index contributed by atoms with van der Waals surface area (Å²) in [6, 6.07) is 2.26. The van der Waals surface area contributed by atoms with E-state index in [9.17, 15) is 18.7 Å². The monoisotopic (exact) mass is 312 g/mol. The van der Waals surface area contributed by atoms with Crippen LogP contribution in [0.5, 0.6) is 0 Å². The molecule has 0 spiro atoms. The van der Waals surface area contributed by atoms with Crippen molar-refractivity contribution in [2.45, 2.75) is 18.6 Å². The van der Waals surface area contributed by atoms with Crippen LogP contribution in [0.25, 0.3) is 0 Å². The van der Waals surface area contributed by atoms with E-state index >= 15 is 0 Å². The number of morpholine rings is 1. The van der Waals surface area contributed by atoms with Crippen LogP contribution >= 0.6 is 0 Å². The molecular formula is C15H18F2N2O3. The molecule has 0 aromatic heterocycles. The molecule has 22 heavy (non-hydrogen) atoms. The number of ether oxygens (including phenoxy) is 1. The van der Waals surface area contributed by atoms with Crippen molar-refractivity contribution in [2.75, 3.05) is 32.8 Å². The first-order valence-electron chi connectivity index (χ1n) is 7.32. The highest BCUT2D eigenvalue weighted by atomic mass is 19.1. The van der Waals surface area contributed by atoms with E-state index in [1.165, 1.54) is 4.90 Å². The second-order valence-corrected chi connectivity index (χ2v) is 5.61. The summed E-state index contributed by atoms with van der Waals surface area (Å²) in [6.07, 6.45) is -0.533. The molecule has 1 aromatic carbocycles. The molecule has 2 aliphatic rings. The van der Waals surface area contributed by atoms with Crippen molar-refractivity contribution in [3.63, 3.8) is 0 Å². The zero-order valence-electron chi connectivity index (χ0n) is 12.0. The average Bonchev–Trinajstić information content (AvgIpc) is 2.91. The zero-order valence-corrected chi connectivity index (χ0v) is 12.0. The second-order valence-electron chi connectivity index (χ2n) is 5.61. The number of β-amino-alcohol motifs (C(OH)–C–C–N with tert-alkyl or cyclic N) is 1. The van der Waals surface area contributed by atoms with Crippen molar-refractivity contribution in [2.24, 2.45) is 0 Å². The van der Waals surface area contributed by atoms with E-state index in [4.69, 9.17) is 4.74 Å². The highest BCUT2D eigenvalue weighted by molar-refractivity contribution is 5.75. The van der Waals surface area contributed by atoms with Gasteiger partial charge < -0.3 is 19.6 Å². The van der Waals surface area contributed by atoms with Gasteiger partial charge in [0, 0.05) is 25.2 Å². The molecule has 2 atom stereocenters. The van der Waals surface area contributed by atoms with Gasteiger partial charge in [-0.3, -0.25) is 0 Å². The lowest BCUT2D eigenvalue weighted by molar-refractivity contribution is 0.0412. The van der Waals surface area contributed by atoms with Gasteiger partial charge in [0.25, 0.3) is 0 Å². The number of aliphatic hydroxyl groups excluding tert-OH is 1. The predicted molar refractivity (Wildman–Crippen MR) is 74.2 cm³/mol. The Labute approximate surface area is 127 Å². The van der Waals surface area contributed by atoms with Crippen LogP contribution in [0.4, 0.5) is 13.6 Å².